The molecule has 1 fully saturated rings. The molecule has 0 aromatic carbocycles. The summed E-state index contributed by atoms with van der Waals surface area (Å²) in [5.41, 5.74) is 3.84. The van der Waals surface area contributed by atoms with Crippen molar-refractivity contribution in [1.29, 1.82) is 0 Å². The first-order chi connectivity index (χ1) is 10.2. The summed E-state index contributed by atoms with van der Waals surface area (Å²) >= 11 is 0. The quantitative estimate of drug-likeness (QED) is 0.868. The fraction of sp³-hybridized carbons (Fsp3) is 0.353. The standard InChI is InChI=1S/C17H17N3O/c1-11-6-8-19-14(9-11)16(12-4-5-12)20-10-15-13(17(20)21)3-2-7-18-15/h2-3,6-9,12,16H,4-5,10H2,1H3/t16-/m1/s1. The molecule has 4 rings (SSSR count). The zero-order chi connectivity index (χ0) is 14.4. The van der Waals surface area contributed by atoms with Gasteiger partial charge in [-0.2, -0.15) is 0 Å². The Balaban J connectivity index is 1.72. The van der Waals surface area contributed by atoms with Gasteiger partial charge in [0.25, 0.3) is 5.91 Å². The van der Waals surface area contributed by atoms with Crippen LogP contribution in [0.1, 0.15) is 46.2 Å². The van der Waals surface area contributed by atoms with Crippen LogP contribution in [0, 0.1) is 12.8 Å². The summed E-state index contributed by atoms with van der Waals surface area (Å²) in [5, 5.41) is 0. The van der Waals surface area contributed by atoms with Gasteiger partial charge < -0.3 is 4.90 Å². The van der Waals surface area contributed by atoms with Gasteiger partial charge >= 0.3 is 0 Å². The highest BCUT2D eigenvalue weighted by atomic mass is 16.2. The number of aromatic nitrogens is 2. The van der Waals surface area contributed by atoms with Crippen LogP contribution in [0.15, 0.2) is 36.7 Å². The van der Waals surface area contributed by atoms with Gasteiger partial charge in [0.1, 0.15) is 0 Å². The van der Waals surface area contributed by atoms with Crippen LogP contribution in [0.2, 0.25) is 0 Å². The average molecular weight is 279 g/mol. The first-order valence-corrected chi connectivity index (χ1v) is 7.41. The Hall–Kier alpha value is -2.23. The van der Waals surface area contributed by atoms with Gasteiger partial charge in [0.15, 0.2) is 0 Å². The van der Waals surface area contributed by atoms with Gasteiger partial charge in [-0.1, -0.05) is 0 Å². The third-order valence-electron chi connectivity index (χ3n) is 4.35. The van der Waals surface area contributed by atoms with E-state index >= 15 is 0 Å². The third-order valence-corrected chi connectivity index (χ3v) is 4.35. The normalized spacial score (nSPS) is 18.7. The summed E-state index contributed by atoms with van der Waals surface area (Å²) in [7, 11) is 0. The van der Waals surface area contributed by atoms with Gasteiger partial charge in [-0.05, 0) is 55.5 Å². The lowest BCUT2D eigenvalue weighted by Gasteiger charge is -2.27. The third kappa shape index (κ3) is 2.11. The highest BCUT2D eigenvalue weighted by Crippen LogP contribution is 2.46. The number of pyridine rings is 2. The van der Waals surface area contributed by atoms with Gasteiger partial charge in [-0.25, -0.2) is 0 Å². The largest absolute Gasteiger partial charge is 0.324 e. The second-order valence-electron chi connectivity index (χ2n) is 5.97. The van der Waals surface area contributed by atoms with E-state index in [-0.39, 0.29) is 11.9 Å². The van der Waals surface area contributed by atoms with Crippen molar-refractivity contribution >= 4 is 5.91 Å². The number of rotatable bonds is 3. The molecular formula is C17H17N3O. The van der Waals surface area contributed by atoms with Crippen molar-refractivity contribution < 1.29 is 4.79 Å². The first-order valence-electron chi connectivity index (χ1n) is 7.41. The fourth-order valence-electron chi connectivity index (χ4n) is 3.16. The second kappa shape index (κ2) is 4.65. The van der Waals surface area contributed by atoms with Crippen LogP contribution in [0.5, 0.6) is 0 Å². The lowest BCUT2D eigenvalue weighted by molar-refractivity contribution is 0.0672. The first kappa shape index (κ1) is 12.5. The zero-order valence-electron chi connectivity index (χ0n) is 12.0. The molecule has 3 heterocycles. The summed E-state index contributed by atoms with van der Waals surface area (Å²) in [4.78, 5) is 23.5. The van der Waals surface area contributed by atoms with Crippen molar-refractivity contribution in [3.63, 3.8) is 0 Å². The number of aryl methyl sites for hydroxylation is 1. The molecule has 1 saturated carbocycles. The Morgan fingerprint density at radius 3 is 2.81 bits per heavy atom. The Kier molecular flexibility index (Phi) is 2.77. The second-order valence-corrected chi connectivity index (χ2v) is 5.97. The molecule has 0 radical (unpaired) electrons. The van der Waals surface area contributed by atoms with Crippen LogP contribution >= 0.6 is 0 Å². The zero-order valence-corrected chi connectivity index (χ0v) is 12.0. The summed E-state index contributed by atoms with van der Waals surface area (Å²) in [5.74, 6) is 0.635. The van der Waals surface area contributed by atoms with E-state index in [1.54, 1.807) is 6.20 Å². The fourth-order valence-corrected chi connectivity index (χ4v) is 3.16. The lowest BCUT2D eigenvalue weighted by atomic mass is 10.0. The number of nitrogens with zero attached hydrogens (tertiary/aromatic N) is 3. The molecular weight excluding hydrogens is 262 g/mol. The molecule has 106 valence electrons. The van der Waals surface area contributed by atoms with Crippen molar-refractivity contribution in [1.82, 2.24) is 14.9 Å². The van der Waals surface area contributed by atoms with E-state index in [0.717, 1.165) is 17.0 Å². The van der Waals surface area contributed by atoms with E-state index < -0.39 is 0 Å². The predicted molar refractivity (Wildman–Crippen MR) is 78.5 cm³/mol. The highest BCUT2D eigenvalue weighted by molar-refractivity contribution is 5.98. The molecule has 4 heteroatoms. The van der Waals surface area contributed by atoms with Gasteiger partial charge in [-0.3, -0.25) is 14.8 Å². The van der Waals surface area contributed by atoms with Crippen LogP contribution < -0.4 is 0 Å². The van der Waals surface area contributed by atoms with E-state index in [2.05, 4.69) is 23.0 Å². The van der Waals surface area contributed by atoms with Crippen LogP contribution in [-0.4, -0.2) is 20.8 Å². The molecule has 1 atom stereocenters. The predicted octanol–water partition coefficient (Wildman–Crippen LogP) is 2.89. The number of hydrogen-bond acceptors (Lipinski definition) is 3. The molecule has 0 unspecified atom stereocenters. The van der Waals surface area contributed by atoms with E-state index in [9.17, 15) is 4.79 Å². The Labute approximate surface area is 123 Å². The molecule has 1 aliphatic heterocycles. The number of amides is 1. The van der Waals surface area contributed by atoms with Crippen molar-refractivity contribution in [3.8, 4) is 0 Å². The molecule has 0 spiro atoms. The topological polar surface area (TPSA) is 46.1 Å². The Bertz CT molecular complexity index is 709. The molecule has 4 nitrogen and oxygen atoms in total. The van der Waals surface area contributed by atoms with Gasteiger partial charge in [0.2, 0.25) is 0 Å². The molecule has 0 bridgehead atoms. The van der Waals surface area contributed by atoms with Crippen molar-refractivity contribution in [2.45, 2.75) is 32.4 Å². The molecule has 2 aliphatic rings. The van der Waals surface area contributed by atoms with Gasteiger partial charge in [-0.15, -0.1) is 0 Å². The monoisotopic (exact) mass is 279 g/mol. The minimum atomic E-state index is 0.0894. The summed E-state index contributed by atoms with van der Waals surface area (Å²) in [6.07, 6.45) is 5.94. The molecule has 1 aliphatic carbocycles. The van der Waals surface area contributed by atoms with Crippen molar-refractivity contribution in [3.05, 3.63) is 59.2 Å². The van der Waals surface area contributed by atoms with E-state index in [0.29, 0.717) is 12.5 Å². The Morgan fingerprint density at radius 1 is 1.24 bits per heavy atom. The molecule has 21 heavy (non-hydrogen) atoms. The Morgan fingerprint density at radius 2 is 2.10 bits per heavy atom. The van der Waals surface area contributed by atoms with E-state index in [1.807, 2.05) is 29.3 Å². The number of carbonyl (C=O) groups is 1. The SMILES string of the molecule is Cc1ccnc([C@@H](C2CC2)N2Cc3ncccc3C2=O)c1. The molecule has 1 amide bonds. The smallest absolute Gasteiger partial charge is 0.256 e. The van der Waals surface area contributed by atoms with Crippen molar-refractivity contribution in [2.24, 2.45) is 5.92 Å². The maximum atomic E-state index is 12.7. The van der Waals surface area contributed by atoms with Crippen LogP contribution in [0.3, 0.4) is 0 Å². The van der Waals surface area contributed by atoms with Crippen LogP contribution in [-0.2, 0) is 6.54 Å². The molecule has 0 saturated heterocycles. The van der Waals surface area contributed by atoms with Crippen LogP contribution in [0.4, 0.5) is 0 Å². The number of hydrogen-bond donors (Lipinski definition) is 0. The maximum Gasteiger partial charge on any atom is 0.256 e. The molecule has 0 N–H and O–H groups in total. The highest BCUT2D eigenvalue weighted by Gasteiger charge is 2.42. The number of fused-ring (bicyclic) bond motifs is 1. The molecule has 2 aromatic rings. The molecule has 2 aromatic heterocycles. The maximum absolute atomic E-state index is 12.7. The minimum Gasteiger partial charge on any atom is -0.324 e. The minimum absolute atomic E-state index is 0.0894. The summed E-state index contributed by atoms with van der Waals surface area (Å²) < 4.78 is 0. The van der Waals surface area contributed by atoms with E-state index in [1.165, 1.54) is 18.4 Å². The summed E-state index contributed by atoms with van der Waals surface area (Å²) in [6, 6.07) is 7.89. The van der Waals surface area contributed by atoms with Gasteiger partial charge in [0, 0.05) is 12.4 Å². The van der Waals surface area contributed by atoms with Crippen molar-refractivity contribution in [2.75, 3.05) is 0 Å². The average Bonchev–Trinajstić information content (AvgIpc) is 3.26. The number of carbonyl (C=O) groups excluding carboxylic acids is 1. The van der Waals surface area contributed by atoms with Gasteiger partial charge in [0.05, 0.1) is 29.5 Å². The lowest BCUT2D eigenvalue weighted by Crippen LogP contribution is -2.31. The van der Waals surface area contributed by atoms with E-state index in [4.69, 9.17) is 0 Å². The van der Waals surface area contributed by atoms with Crippen LogP contribution in [0.25, 0.3) is 0 Å². The summed E-state index contributed by atoms with van der Waals surface area (Å²) in [6.45, 7) is 2.67.